The predicted octanol–water partition coefficient (Wildman–Crippen LogP) is 4.52. The lowest BCUT2D eigenvalue weighted by Crippen LogP contribution is -2.30. The summed E-state index contributed by atoms with van der Waals surface area (Å²) >= 11 is 10.6. The standard InChI is InChI=1S/C17H14BrClN2O4S2/c1-9(25-14-6-3-10(18)7-12(14)19)16(22)21-17-20-13-5-4-11(27(2,23)24)8-15(13)26-17/h3-9H,1-2H3,(H,20,21,22)/t9-/m1/s1. The zero-order valence-corrected chi connectivity index (χ0v) is 18.2. The van der Waals surface area contributed by atoms with Gasteiger partial charge >= 0.3 is 0 Å². The van der Waals surface area contributed by atoms with E-state index in [1.54, 1.807) is 37.3 Å². The second-order valence-corrected chi connectivity index (χ2v) is 10.1. The molecule has 27 heavy (non-hydrogen) atoms. The van der Waals surface area contributed by atoms with Crippen LogP contribution in [0.5, 0.6) is 5.75 Å². The summed E-state index contributed by atoms with van der Waals surface area (Å²) in [7, 11) is -3.31. The first-order chi connectivity index (χ1) is 12.6. The summed E-state index contributed by atoms with van der Waals surface area (Å²) in [5, 5.41) is 3.43. The van der Waals surface area contributed by atoms with Gasteiger partial charge in [-0.15, -0.1) is 0 Å². The first kappa shape index (κ1) is 20.1. The van der Waals surface area contributed by atoms with Crippen LogP contribution in [-0.2, 0) is 14.6 Å². The third kappa shape index (κ3) is 4.78. The lowest BCUT2D eigenvalue weighted by Gasteiger charge is -2.14. The van der Waals surface area contributed by atoms with E-state index >= 15 is 0 Å². The molecule has 6 nitrogen and oxygen atoms in total. The summed E-state index contributed by atoms with van der Waals surface area (Å²) in [6.07, 6.45) is 0.340. The molecule has 2 aromatic carbocycles. The molecule has 0 aliphatic heterocycles. The minimum Gasteiger partial charge on any atom is -0.479 e. The average molecular weight is 490 g/mol. The van der Waals surface area contributed by atoms with Crippen LogP contribution in [0.1, 0.15) is 6.92 Å². The number of thiazole rings is 1. The Bertz CT molecular complexity index is 1130. The van der Waals surface area contributed by atoms with Crippen molar-refractivity contribution in [3.63, 3.8) is 0 Å². The molecule has 10 heteroatoms. The lowest BCUT2D eigenvalue weighted by atomic mass is 10.3. The third-order valence-electron chi connectivity index (χ3n) is 3.59. The minimum atomic E-state index is -3.31. The molecule has 0 radical (unpaired) electrons. The highest BCUT2D eigenvalue weighted by molar-refractivity contribution is 9.10. The number of aromatic nitrogens is 1. The van der Waals surface area contributed by atoms with Gasteiger partial charge in [-0.25, -0.2) is 13.4 Å². The second kappa shape index (κ2) is 7.75. The minimum absolute atomic E-state index is 0.207. The molecule has 1 aromatic heterocycles. The SMILES string of the molecule is C[C@@H](Oc1ccc(Br)cc1Cl)C(=O)Nc1nc2ccc(S(C)(=O)=O)cc2s1. The number of benzene rings is 2. The predicted molar refractivity (Wildman–Crippen MR) is 111 cm³/mol. The first-order valence-electron chi connectivity index (χ1n) is 7.67. The van der Waals surface area contributed by atoms with Crippen molar-refractivity contribution in [1.29, 1.82) is 0 Å². The summed E-state index contributed by atoms with van der Waals surface area (Å²) < 4.78 is 30.4. The van der Waals surface area contributed by atoms with Gasteiger partial charge in [-0.2, -0.15) is 0 Å². The smallest absolute Gasteiger partial charge is 0.266 e. The van der Waals surface area contributed by atoms with Crippen LogP contribution >= 0.6 is 38.9 Å². The summed E-state index contributed by atoms with van der Waals surface area (Å²) in [5.41, 5.74) is 0.604. The van der Waals surface area contributed by atoms with Crippen LogP contribution in [0.3, 0.4) is 0 Å². The number of fused-ring (bicyclic) bond motifs is 1. The molecule has 1 amide bonds. The van der Waals surface area contributed by atoms with Crippen molar-refractivity contribution in [3.8, 4) is 5.75 Å². The van der Waals surface area contributed by atoms with Crippen molar-refractivity contribution in [2.45, 2.75) is 17.9 Å². The number of hydrogen-bond acceptors (Lipinski definition) is 6. The quantitative estimate of drug-likeness (QED) is 0.569. The van der Waals surface area contributed by atoms with Crippen molar-refractivity contribution in [2.75, 3.05) is 11.6 Å². The van der Waals surface area contributed by atoms with Gasteiger partial charge in [0, 0.05) is 10.7 Å². The molecule has 0 unspecified atom stereocenters. The highest BCUT2D eigenvalue weighted by Crippen LogP contribution is 2.30. The number of nitrogens with one attached hydrogen (secondary N) is 1. The van der Waals surface area contributed by atoms with Crippen LogP contribution in [0, 0.1) is 0 Å². The Labute approximate surface area is 173 Å². The fourth-order valence-corrected chi connectivity index (χ4v) is 4.56. The molecule has 0 spiro atoms. The third-order valence-corrected chi connectivity index (χ3v) is 6.42. The van der Waals surface area contributed by atoms with Gasteiger partial charge < -0.3 is 4.74 Å². The van der Waals surface area contributed by atoms with Crippen LogP contribution in [0.25, 0.3) is 10.2 Å². The molecule has 0 saturated heterocycles. The maximum atomic E-state index is 12.4. The molecule has 0 fully saturated rings. The summed E-state index contributed by atoms with van der Waals surface area (Å²) in [5.74, 6) is 0.000916. The van der Waals surface area contributed by atoms with Crippen molar-refractivity contribution in [1.82, 2.24) is 4.98 Å². The van der Waals surface area contributed by atoms with E-state index in [-0.39, 0.29) is 4.90 Å². The van der Waals surface area contributed by atoms with Gasteiger partial charge in [0.25, 0.3) is 5.91 Å². The Morgan fingerprint density at radius 2 is 2.04 bits per heavy atom. The van der Waals surface area contributed by atoms with Gasteiger partial charge in [0.2, 0.25) is 0 Å². The fourth-order valence-electron chi connectivity index (χ4n) is 2.21. The Hall–Kier alpha value is -1.68. The number of amides is 1. The number of carbonyl (C=O) groups excluding carboxylic acids is 1. The number of nitrogens with zero attached hydrogens (tertiary/aromatic N) is 1. The van der Waals surface area contributed by atoms with Gasteiger partial charge in [0.15, 0.2) is 21.1 Å². The van der Waals surface area contributed by atoms with Crippen LogP contribution in [0.2, 0.25) is 5.02 Å². The van der Waals surface area contributed by atoms with Crippen molar-refractivity contribution in [3.05, 3.63) is 45.9 Å². The van der Waals surface area contributed by atoms with Gasteiger partial charge in [-0.05, 0) is 43.3 Å². The van der Waals surface area contributed by atoms with Crippen LogP contribution in [-0.4, -0.2) is 31.7 Å². The Kier molecular flexibility index (Phi) is 5.76. The van der Waals surface area contributed by atoms with Gasteiger partial charge in [-0.3, -0.25) is 10.1 Å². The van der Waals surface area contributed by atoms with Crippen molar-refractivity contribution in [2.24, 2.45) is 0 Å². The topological polar surface area (TPSA) is 85.4 Å². The highest BCUT2D eigenvalue weighted by Gasteiger charge is 2.18. The monoisotopic (exact) mass is 488 g/mol. The van der Waals surface area contributed by atoms with E-state index in [0.29, 0.717) is 26.1 Å². The molecule has 142 valence electrons. The van der Waals surface area contributed by atoms with Crippen LogP contribution in [0.15, 0.2) is 45.8 Å². The van der Waals surface area contributed by atoms with E-state index in [4.69, 9.17) is 16.3 Å². The molecule has 0 aliphatic carbocycles. The number of carbonyl (C=O) groups is 1. The van der Waals surface area contributed by atoms with E-state index in [2.05, 4.69) is 26.2 Å². The molecule has 1 heterocycles. The molecule has 3 rings (SSSR count). The van der Waals surface area contributed by atoms with Crippen LogP contribution in [0.4, 0.5) is 5.13 Å². The molecule has 1 N–H and O–H groups in total. The number of halogens is 2. The maximum absolute atomic E-state index is 12.4. The number of anilines is 1. The van der Waals surface area contributed by atoms with Crippen molar-refractivity contribution < 1.29 is 17.9 Å². The van der Waals surface area contributed by atoms with E-state index < -0.39 is 21.8 Å². The second-order valence-electron chi connectivity index (χ2n) is 5.74. The van der Waals surface area contributed by atoms with E-state index in [0.717, 1.165) is 10.7 Å². The van der Waals surface area contributed by atoms with Gasteiger partial charge in [-0.1, -0.05) is 38.9 Å². The molecule has 0 saturated carbocycles. The Morgan fingerprint density at radius 3 is 2.70 bits per heavy atom. The largest absolute Gasteiger partial charge is 0.479 e. The number of hydrogen-bond donors (Lipinski definition) is 1. The molecule has 0 aliphatic rings. The Balaban J connectivity index is 1.75. The van der Waals surface area contributed by atoms with Crippen molar-refractivity contribution >= 4 is 70.0 Å². The fraction of sp³-hybridized carbons (Fsp3) is 0.176. The molecule has 3 aromatic rings. The maximum Gasteiger partial charge on any atom is 0.266 e. The first-order valence-corrected chi connectivity index (χ1v) is 11.5. The number of rotatable bonds is 5. The number of ether oxygens (including phenoxy) is 1. The van der Waals surface area contributed by atoms with Crippen LogP contribution < -0.4 is 10.1 Å². The van der Waals surface area contributed by atoms with E-state index in [1.807, 2.05) is 0 Å². The highest BCUT2D eigenvalue weighted by atomic mass is 79.9. The number of sulfone groups is 1. The summed E-state index contributed by atoms with van der Waals surface area (Å²) in [6.45, 7) is 1.60. The summed E-state index contributed by atoms with van der Waals surface area (Å²) in [6, 6.07) is 9.75. The zero-order valence-electron chi connectivity index (χ0n) is 14.2. The van der Waals surface area contributed by atoms with E-state index in [9.17, 15) is 13.2 Å². The molecular formula is C17H14BrClN2O4S2. The molecule has 1 atom stereocenters. The van der Waals surface area contributed by atoms with E-state index in [1.165, 1.54) is 17.4 Å². The zero-order chi connectivity index (χ0) is 19.8. The lowest BCUT2D eigenvalue weighted by molar-refractivity contribution is -0.122. The average Bonchev–Trinajstić information content (AvgIpc) is 2.97. The molecule has 0 bridgehead atoms. The normalized spacial score (nSPS) is 12.7. The Morgan fingerprint density at radius 1 is 1.30 bits per heavy atom. The summed E-state index contributed by atoms with van der Waals surface area (Å²) in [4.78, 5) is 16.9. The van der Waals surface area contributed by atoms with Gasteiger partial charge in [0.05, 0.1) is 20.1 Å². The molecular weight excluding hydrogens is 476 g/mol. The van der Waals surface area contributed by atoms with Gasteiger partial charge in [0.1, 0.15) is 5.75 Å².